The maximum atomic E-state index is 13.3. The molecule has 7 nitrogen and oxygen atoms in total. The zero-order chi connectivity index (χ0) is 25.1. The van der Waals surface area contributed by atoms with Gasteiger partial charge in [0.1, 0.15) is 11.5 Å². The number of hydrogen-bond acceptors (Lipinski definition) is 5. The summed E-state index contributed by atoms with van der Waals surface area (Å²) in [6.45, 7) is 2.73. The van der Waals surface area contributed by atoms with E-state index < -0.39 is 5.41 Å². The lowest BCUT2D eigenvalue weighted by atomic mass is 9.79. The fraction of sp³-hybridized carbons (Fsp3) is 0.200. The smallest absolute Gasteiger partial charge is 0.276 e. The lowest BCUT2D eigenvalue weighted by Gasteiger charge is -2.20. The van der Waals surface area contributed by atoms with E-state index in [4.69, 9.17) is 0 Å². The third-order valence-corrected chi connectivity index (χ3v) is 7.82. The number of anilines is 4. The first kappa shape index (κ1) is 21.7. The highest BCUT2D eigenvalue weighted by molar-refractivity contribution is 6.07. The molecule has 1 atom stereocenters. The molecular formula is C30H25N5O2. The molecule has 7 heteroatoms. The predicted molar refractivity (Wildman–Crippen MR) is 142 cm³/mol. The molecule has 2 aliphatic heterocycles. The summed E-state index contributed by atoms with van der Waals surface area (Å²) in [5, 5.41) is 6.39. The zero-order valence-corrected chi connectivity index (χ0v) is 20.4. The number of carbonyl (C=O) groups excluding carboxylic acids is 2. The Balaban J connectivity index is 1.13. The van der Waals surface area contributed by atoms with Crippen LogP contribution in [0.25, 0.3) is 0 Å². The van der Waals surface area contributed by atoms with Gasteiger partial charge in [-0.2, -0.15) is 0 Å². The Morgan fingerprint density at radius 1 is 0.946 bits per heavy atom. The molecule has 3 aliphatic rings. The summed E-state index contributed by atoms with van der Waals surface area (Å²) in [5.41, 5.74) is 8.18. The van der Waals surface area contributed by atoms with Gasteiger partial charge in [0, 0.05) is 41.6 Å². The summed E-state index contributed by atoms with van der Waals surface area (Å²) in [6.07, 6.45) is 5.53. The van der Waals surface area contributed by atoms with Crippen LogP contribution in [-0.2, 0) is 29.5 Å². The zero-order valence-electron chi connectivity index (χ0n) is 20.4. The Morgan fingerprint density at radius 2 is 1.81 bits per heavy atom. The lowest BCUT2D eigenvalue weighted by molar-refractivity contribution is -0.120. The Hall–Kier alpha value is -4.52. The van der Waals surface area contributed by atoms with Gasteiger partial charge in [-0.3, -0.25) is 14.6 Å². The summed E-state index contributed by atoms with van der Waals surface area (Å²) in [5.74, 6) is 0.591. The summed E-state index contributed by atoms with van der Waals surface area (Å²) >= 11 is 0. The van der Waals surface area contributed by atoms with E-state index in [1.54, 1.807) is 18.5 Å². The topological polar surface area (TPSA) is 87.2 Å². The molecule has 2 N–H and O–H groups in total. The SMILES string of the molecule is Cc1ccc2c(c1)CCN2C(=O)c1cc(Nc2ccc3c(c2)CC2(C3)C(=O)Nc3ncccc32)ccn1. The maximum Gasteiger partial charge on any atom is 0.276 e. The molecule has 7 rings (SSSR count). The summed E-state index contributed by atoms with van der Waals surface area (Å²) in [6, 6.07) is 20.0. The minimum Gasteiger partial charge on any atom is -0.355 e. The van der Waals surface area contributed by atoms with Crippen LogP contribution in [0.1, 0.15) is 38.3 Å². The van der Waals surface area contributed by atoms with E-state index in [2.05, 4.69) is 45.7 Å². The average Bonchev–Trinajstić information content (AvgIpc) is 3.57. The number of amides is 2. The van der Waals surface area contributed by atoms with Crippen LogP contribution < -0.4 is 15.5 Å². The van der Waals surface area contributed by atoms with Gasteiger partial charge in [0.05, 0.1) is 5.41 Å². The third kappa shape index (κ3) is 3.42. The van der Waals surface area contributed by atoms with Crippen molar-refractivity contribution >= 4 is 34.7 Å². The molecule has 182 valence electrons. The number of aromatic nitrogens is 2. The molecule has 1 aliphatic carbocycles. The van der Waals surface area contributed by atoms with E-state index in [9.17, 15) is 9.59 Å². The molecule has 0 fully saturated rings. The maximum absolute atomic E-state index is 13.3. The van der Waals surface area contributed by atoms with Crippen LogP contribution in [0, 0.1) is 6.92 Å². The van der Waals surface area contributed by atoms with Crippen LogP contribution >= 0.6 is 0 Å². The van der Waals surface area contributed by atoms with Gasteiger partial charge < -0.3 is 15.5 Å². The van der Waals surface area contributed by atoms with Crippen molar-refractivity contribution in [3.8, 4) is 0 Å². The first-order valence-corrected chi connectivity index (χ1v) is 12.5. The molecule has 4 aromatic rings. The lowest BCUT2D eigenvalue weighted by Crippen LogP contribution is -2.35. The number of benzene rings is 2. The molecule has 2 amide bonds. The Kier molecular flexibility index (Phi) is 4.70. The van der Waals surface area contributed by atoms with E-state index in [1.165, 1.54) is 16.7 Å². The van der Waals surface area contributed by atoms with Crippen LogP contribution in [0.4, 0.5) is 22.9 Å². The number of nitrogens with one attached hydrogen (secondary N) is 2. The van der Waals surface area contributed by atoms with Gasteiger partial charge in [-0.15, -0.1) is 0 Å². The Labute approximate surface area is 214 Å². The minimum absolute atomic E-state index is 0.0165. The van der Waals surface area contributed by atoms with Gasteiger partial charge in [-0.1, -0.05) is 29.8 Å². The van der Waals surface area contributed by atoms with Crippen LogP contribution in [-0.4, -0.2) is 28.3 Å². The van der Waals surface area contributed by atoms with Crippen molar-refractivity contribution in [3.63, 3.8) is 0 Å². The first-order valence-electron chi connectivity index (χ1n) is 12.5. The predicted octanol–water partition coefficient (Wildman–Crippen LogP) is 4.72. The molecule has 1 spiro atoms. The standard InChI is InChI=1S/C30H25N5O2/c1-18-4-7-26-19(13-18)9-12-35(26)28(36)25-15-23(8-11-31-25)33-22-6-5-20-16-30(17-21(20)14-22)24-3-2-10-32-27(24)34-29(30)37/h2-8,10-11,13-15H,9,12,16-17H2,1H3,(H,31,33)(H,32,34,37). The van der Waals surface area contributed by atoms with E-state index in [0.29, 0.717) is 30.9 Å². The van der Waals surface area contributed by atoms with Gasteiger partial charge in [0.15, 0.2) is 0 Å². The number of carbonyl (C=O) groups is 2. The summed E-state index contributed by atoms with van der Waals surface area (Å²) in [7, 11) is 0. The highest BCUT2D eigenvalue weighted by Crippen LogP contribution is 2.47. The molecule has 37 heavy (non-hydrogen) atoms. The Bertz CT molecular complexity index is 1610. The van der Waals surface area contributed by atoms with E-state index in [0.717, 1.165) is 34.6 Å². The highest BCUT2D eigenvalue weighted by atomic mass is 16.2. The second kappa shape index (κ2) is 8.00. The molecule has 2 aromatic carbocycles. The molecule has 0 saturated heterocycles. The van der Waals surface area contributed by atoms with Crippen LogP contribution in [0.15, 0.2) is 73.1 Å². The van der Waals surface area contributed by atoms with Crippen molar-refractivity contribution in [2.75, 3.05) is 22.1 Å². The largest absolute Gasteiger partial charge is 0.355 e. The Morgan fingerprint density at radius 3 is 2.73 bits per heavy atom. The number of nitrogens with zero attached hydrogens (tertiary/aromatic N) is 3. The molecule has 1 unspecified atom stereocenters. The fourth-order valence-electron chi connectivity index (χ4n) is 6.02. The van der Waals surface area contributed by atoms with E-state index in [-0.39, 0.29) is 11.8 Å². The average molecular weight is 488 g/mol. The number of aryl methyl sites for hydroxylation is 1. The van der Waals surface area contributed by atoms with Crippen molar-refractivity contribution in [2.24, 2.45) is 0 Å². The fourth-order valence-corrected chi connectivity index (χ4v) is 6.02. The van der Waals surface area contributed by atoms with Crippen LogP contribution in [0.2, 0.25) is 0 Å². The van der Waals surface area contributed by atoms with Gasteiger partial charge in [0.25, 0.3) is 5.91 Å². The first-order chi connectivity index (χ1) is 18.0. The summed E-state index contributed by atoms with van der Waals surface area (Å²) in [4.78, 5) is 36.8. The molecular weight excluding hydrogens is 462 g/mol. The quantitative estimate of drug-likeness (QED) is 0.437. The third-order valence-electron chi connectivity index (χ3n) is 7.82. The van der Waals surface area contributed by atoms with Crippen molar-refractivity contribution in [2.45, 2.75) is 31.6 Å². The molecule has 2 aromatic heterocycles. The van der Waals surface area contributed by atoms with E-state index >= 15 is 0 Å². The van der Waals surface area contributed by atoms with Crippen molar-refractivity contribution in [3.05, 3.63) is 107 Å². The van der Waals surface area contributed by atoms with E-state index in [1.807, 2.05) is 41.3 Å². The molecule has 4 heterocycles. The van der Waals surface area contributed by atoms with Crippen molar-refractivity contribution in [1.82, 2.24) is 9.97 Å². The summed E-state index contributed by atoms with van der Waals surface area (Å²) < 4.78 is 0. The van der Waals surface area contributed by atoms with Crippen LogP contribution in [0.3, 0.4) is 0 Å². The molecule has 0 bridgehead atoms. The van der Waals surface area contributed by atoms with Gasteiger partial charge in [0.2, 0.25) is 5.91 Å². The highest BCUT2D eigenvalue weighted by Gasteiger charge is 2.51. The number of fused-ring (bicyclic) bond motifs is 4. The van der Waals surface area contributed by atoms with Gasteiger partial charge in [-0.25, -0.2) is 4.98 Å². The monoisotopic (exact) mass is 487 g/mol. The molecule has 0 saturated carbocycles. The number of rotatable bonds is 3. The second-order valence-corrected chi connectivity index (χ2v) is 10.2. The van der Waals surface area contributed by atoms with Crippen molar-refractivity contribution < 1.29 is 9.59 Å². The van der Waals surface area contributed by atoms with Gasteiger partial charge >= 0.3 is 0 Å². The van der Waals surface area contributed by atoms with Crippen molar-refractivity contribution in [1.29, 1.82) is 0 Å². The normalized spacial score (nSPS) is 18.9. The van der Waals surface area contributed by atoms with Gasteiger partial charge in [-0.05, 0) is 79.3 Å². The molecule has 0 radical (unpaired) electrons. The minimum atomic E-state index is -0.592. The second-order valence-electron chi connectivity index (χ2n) is 10.2. The number of pyridine rings is 2. The number of hydrogen-bond donors (Lipinski definition) is 2. The van der Waals surface area contributed by atoms with Crippen LogP contribution in [0.5, 0.6) is 0 Å².